The highest BCUT2D eigenvalue weighted by atomic mass is 35.5. The van der Waals surface area contributed by atoms with Crippen molar-refractivity contribution in [2.45, 2.75) is 39.5 Å². The van der Waals surface area contributed by atoms with Crippen LogP contribution < -0.4 is 4.74 Å². The minimum Gasteiger partial charge on any atom is -0.492 e. The number of carbonyl (C=O) groups excluding carboxylic acids is 2. The van der Waals surface area contributed by atoms with Crippen molar-refractivity contribution >= 4 is 46.5 Å². The van der Waals surface area contributed by atoms with E-state index in [0.29, 0.717) is 65.7 Å². The van der Waals surface area contributed by atoms with Crippen molar-refractivity contribution in [3.05, 3.63) is 70.2 Å². The minimum atomic E-state index is -0.284. The largest absolute Gasteiger partial charge is 0.492 e. The number of rotatable bonds is 9. The van der Waals surface area contributed by atoms with Crippen LogP contribution in [-0.4, -0.2) is 58.0 Å². The molecule has 10 heteroatoms. The van der Waals surface area contributed by atoms with Gasteiger partial charge in [-0.1, -0.05) is 43.1 Å². The Kier molecular flexibility index (Phi) is 9.46. The van der Waals surface area contributed by atoms with Crippen LogP contribution in [0.1, 0.15) is 45.1 Å². The van der Waals surface area contributed by atoms with E-state index in [0.717, 1.165) is 29.7 Å². The average molecular weight is 593 g/mol. The molecule has 0 radical (unpaired) electrons. The van der Waals surface area contributed by atoms with E-state index in [1.807, 2.05) is 67.7 Å². The molecular formula is C31H33ClN4O4S. The van der Waals surface area contributed by atoms with E-state index < -0.39 is 0 Å². The number of esters is 1. The Balaban J connectivity index is 1.39. The lowest BCUT2D eigenvalue weighted by Crippen LogP contribution is -2.39. The molecule has 0 bridgehead atoms. The van der Waals surface area contributed by atoms with E-state index in [1.54, 1.807) is 4.68 Å². The van der Waals surface area contributed by atoms with Crippen LogP contribution in [0, 0.1) is 5.92 Å². The van der Waals surface area contributed by atoms with E-state index in [1.165, 1.54) is 11.8 Å². The number of likely N-dealkylation sites (tertiary alicyclic amines) is 1. The zero-order valence-corrected chi connectivity index (χ0v) is 24.8. The number of unbranched alkanes of at least 4 members (excludes halogenated alkanes) is 1. The molecule has 1 amide bonds. The summed E-state index contributed by atoms with van der Waals surface area (Å²) in [7, 11) is 0. The first-order valence-electron chi connectivity index (χ1n) is 14.0. The summed E-state index contributed by atoms with van der Waals surface area (Å²) < 4.78 is 12.8. The van der Waals surface area contributed by atoms with Crippen LogP contribution in [0.25, 0.3) is 23.0 Å². The van der Waals surface area contributed by atoms with Crippen LogP contribution in [0.15, 0.2) is 64.6 Å². The summed E-state index contributed by atoms with van der Waals surface area (Å²) in [5.41, 5.74) is 3.19. The standard InChI is InChI=1S/C31H33ClN4O4S/c1-3-5-17-40-26-12-11-22(18-25(26)32)28-23(20-36(34-28)24-9-7-6-8-10-24)19-27-29(37)33-31(41-27)35-15-13-21(14-16-35)30(38)39-4-2/h6-12,18-21H,3-5,13-17H2,1-2H3. The average Bonchev–Trinajstić information content (AvgIpc) is 3.58. The van der Waals surface area contributed by atoms with Gasteiger partial charge in [-0.2, -0.15) is 10.1 Å². The molecule has 0 aliphatic carbocycles. The summed E-state index contributed by atoms with van der Waals surface area (Å²) in [4.78, 5) is 32.1. The lowest BCUT2D eigenvalue weighted by atomic mass is 9.97. The second-order valence-corrected chi connectivity index (χ2v) is 11.3. The van der Waals surface area contributed by atoms with Gasteiger partial charge in [-0.25, -0.2) is 4.68 Å². The van der Waals surface area contributed by atoms with Gasteiger partial charge in [-0.3, -0.25) is 9.59 Å². The fraction of sp³-hybridized carbons (Fsp3) is 0.355. The number of halogens is 1. The van der Waals surface area contributed by atoms with Crippen molar-refractivity contribution in [2.75, 3.05) is 26.3 Å². The summed E-state index contributed by atoms with van der Waals surface area (Å²) in [5, 5.41) is 6.05. The first kappa shape index (κ1) is 29.0. The minimum absolute atomic E-state index is 0.106. The highest BCUT2D eigenvalue weighted by molar-refractivity contribution is 8.18. The van der Waals surface area contributed by atoms with Crippen LogP contribution in [0.4, 0.5) is 0 Å². The molecule has 41 heavy (non-hydrogen) atoms. The van der Waals surface area contributed by atoms with Crippen molar-refractivity contribution in [3.63, 3.8) is 0 Å². The van der Waals surface area contributed by atoms with E-state index in [-0.39, 0.29) is 17.8 Å². The van der Waals surface area contributed by atoms with Gasteiger partial charge in [-0.05, 0) is 74.4 Å². The maximum Gasteiger partial charge on any atom is 0.309 e. The van der Waals surface area contributed by atoms with E-state index in [4.69, 9.17) is 26.2 Å². The number of piperidine rings is 1. The number of benzene rings is 2. The molecule has 3 heterocycles. The zero-order chi connectivity index (χ0) is 28.8. The SMILES string of the molecule is CCCCOc1ccc(-c2nn(-c3ccccc3)cc2C=C2SC(N3CCC(C(=O)OCC)CC3)=NC2=O)cc1Cl. The molecule has 5 rings (SSSR count). The zero-order valence-electron chi connectivity index (χ0n) is 23.2. The van der Waals surface area contributed by atoms with Gasteiger partial charge in [0.15, 0.2) is 5.17 Å². The van der Waals surface area contributed by atoms with Crippen molar-refractivity contribution in [2.24, 2.45) is 10.9 Å². The fourth-order valence-corrected chi connectivity index (χ4v) is 5.95. The number of aliphatic imine (C=N–C) groups is 1. The smallest absolute Gasteiger partial charge is 0.309 e. The Hall–Kier alpha value is -3.56. The van der Waals surface area contributed by atoms with Gasteiger partial charge in [-0.15, -0.1) is 0 Å². The summed E-state index contributed by atoms with van der Waals surface area (Å²) in [6, 6.07) is 15.5. The Morgan fingerprint density at radius 1 is 1.15 bits per heavy atom. The van der Waals surface area contributed by atoms with Gasteiger partial charge >= 0.3 is 5.97 Å². The predicted octanol–water partition coefficient (Wildman–Crippen LogP) is 6.62. The van der Waals surface area contributed by atoms with Gasteiger partial charge < -0.3 is 14.4 Å². The first-order valence-corrected chi connectivity index (χ1v) is 15.2. The third-order valence-corrected chi connectivity index (χ3v) is 8.35. The number of aromatic nitrogens is 2. The number of thioether (sulfide) groups is 1. The van der Waals surface area contributed by atoms with Crippen LogP contribution in [0.2, 0.25) is 5.02 Å². The molecule has 0 saturated carbocycles. The number of ether oxygens (including phenoxy) is 2. The second-order valence-electron chi connectivity index (χ2n) is 9.88. The molecule has 2 aliphatic heterocycles. The number of nitrogens with zero attached hydrogens (tertiary/aromatic N) is 4. The first-order chi connectivity index (χ1) is 20.0. The Labute approximate surface area is 249 Å². The Morgan fingerprint density at radius 3 is 2.63 bits per heavy atom. The summed E-state index contributed by atoms with van der Waals surface area (Å²) in [6.45, 7) is 6.23. The normalized spacial score (nSPS) is 16.8. The quantitative estimate of drug-likeness (QED) is 0.157. The summed E-state index contributed by atoms with van der Waals surface area (Å²) in [5.74, 6) is 0.102. The van der Waals surface area contributed by atoms with Crippen LogP contribution in [0.3, 0.4) is 0 Å². The molecule has 2 aliphatic rings. The van der Waals surface area contributed by atoms with E-state index in [9.17, 15) is 9.59 Å². The molecule has 1 fully saturated rings. The van der Waals surface area contributed by atoms with Gasteiger partial charge in [0.25, 0.3) is 5.91 Å². The molecule has 1 aromatic heterocycles. The molecule has 2 aromatic carbocycles. The van der Waals surface area contributed by atoms with Crippen LogP contribution in [0.5, 0.6) is 5.75 Å². The molecule has 214 valence electrons. The topological polar surface area (TPSA) is 86.0 Å². The maximum absolute atomic E-state index is 13.0. The highest BCUT2D eigenvalue weighted by Gasteiger charge is 2.32. The molecule has 1 saturated heterocycles. The molecule has 0 atom stereocenters. The maximum atomic E-state index is 13.0. The third-order valence-electron chi connectivity index (χ3n) is 7.01. The fourth-order valence-electron chi connectivity index (χ4n) is 4.76. The Bertz CT molecular complexity index is 1460. The van der Waals surface area contributed by atoms with Gasteiger partial charge in [0.2, 0.25) is 0 Å². The summed E-state index contributed by atoms with van der Waals surface area (Å²) >= 11 is 7.95. The lowest BCUT2D eigenvalue weighted by molar-refractivity contribution is -0.149. The lowest BCUT2D eigenvalue weighted by Gasteiger charge is -2.31. The number of carbonyl (C=O) groups is 2. The van der Waals surface area contributed by atoms with Crippen molar-refractivity contribution < 1.29 is 19.1 Å². The number of para-hydroxylation sites is 1. The third kappa shape index (κ3) is 6.85. The van der Waals surface area contributed by atoms with Gasteiger partial charge in [0, 0.05) is 30.4 Å². The molecule has 0 N–H and O–H groups in total. The van der Waals surface area contributed by atoms with Crippen molar-refractivity contribution in [1.29, 1.82) is 0 Å². The van der Waals surface area contributed by atoms with Crippen LogP contribution >= 0.6 is 23.4 Å². The van der Waals surface area contributed by atoms with E-state index in [2.05, 4.69) is 16.8 Å². The second kappa shape index (κ2) is 13.4. The molecule has 8 nitrogen and oxygen atoms in total. The highest BCUT2D eigenvalue weighted by Crippen LogP contribution is 2.36. The van der Waals surface area contributed by atoms with E-state index >= 15 is 0 Å². The van der Waals surface area contributed by atoms with Crippen molar-refractivity contribution in [3.8, 4) is 22.7 Å². The number of amides is 1. The Morgan fingerprint density at radius 2 is 1.93 bits per heavy atom. The molecule has 0 unspecified atom stereocenters. The number of amidine groups is 1. The van der Waals surface area contributed by atoms with Gasteiger partial charge in [0.05, 0.1) is 34.7 Å². The predicted molar refractivity (Wildman–Crippen MR) is 163 cm³/mol. The summed E-state index contributed by atoms with van der Waals surface area (Å²) in [6.07, 6.45) is 7.11. The molecular weight excluding hydrogens is 560 g/mol. The van der Waals surface area contributed by atoms with Crippen LogP contribution in [-0.2, 0) is 14.3 Å². The van der Waals surface area contributed by atoms with Crippen molar-refractivity contribution in [1.82, 2.24) is 14.7 Å². The number of hydrogen-bond acceptors (Lipinski definition) is 7. The molecule has 0 spiro atoms. The molecule has 3 aromatic rings. The van der Waals surface area contributed by atoms with Gasteiger partial charge in [0.1, 0.15) is 11.4 Å². The number of hydrogen-bond donors (Lipinski definition) is 0. The monoisotopic (exact) mass is 592 g/mol.